The Kier molecular flexibility index (Phi) is 5.04. The number of carbonyl (C=O) groups excluding carboxylic acids is 1. The molecule has 4 atom stereocenters. The lowest BCUT2D eigenvalue weighted by Crippen LogP contribution is -2.61. The quantitative estimate of drug-likeness (QED) is 0.552. The average molecular weight is 344 g/mol. The molecule has 25 heavy (non-hydrogen) atoms. The highest BCUT2D eigenvalue weighted by Crippen LogP contribution is 2.52. The number of piperidine rings is 1. The minimum absolute atomic E-state index is 0.147. The summed E-state index contributed by atoms with van der Waals surface area (Å²) in [6, 6.07) is 0.561. The lowest BCUT2D eigenvalue weighted by molar-refractivity contribution is -0.151. The van der Waals surface area contributed by atoms with Crippen molar-refractivity contribution < 1.29 is 9.53 Å². The first-order valence-electron chi connectivity index (χ1n) is 9.92. The Bertz CT molecular complexity index is 594. The van der Waals surface area contributed by atoms with Crippen LogP contribution in [0, 0.1) is 24.2 Å². The van der Waals surface area contributed by atoms with Gasteiger partial charge in [0.2, 0.25) is 0 Å². The van der Waals surface area contributed by atoms with E-state index in [1.54, 1.807) is 0 Å². The molecule has 1 spiro atoms. The van der Waals surface area contributed by atoms with Crippen LogP contribution in [-0.2, 0) is 9.53 Å². The van der Waals surface area contributed by atoms with E-state index in [0.717, 1.165) is 18.5 Å². The molecular weight excluding hydrogens is 310 g/mol. The van der Waals surface area contributed by atoms with E-state index in [9.17, 15) is 4.79 Å². The number of carbonyl (C=O) groups is 1. The summed E-state index contributed by atoms with van der Waals surface area (Å²) < 4.78 is 5.64. The predicted molar refractivity (Wildman–Crippen MR) is 101 cm³/mol. The van der Waals surface area contributed by atoms with Gasteiger partial charge in [0.05, 0.1) is 0 Å². The Morgan fingerprint density at radius 3 is 2.68 bits per heavy atom. The van der Waals surface area contributed by atoms with Gasteiger partial charge in [-0.05, 0) is 58.8 Å². The smallest absolute Gasteiger partial charge is 0.335 e. The zero-order chi connectivity index (χ0) is 18.2. The molecule has 0 aromatic carbocycles. The molecule has 0 amide bonds. The minimum atomic E-state index is -0.442. The van der Waals surface area contributed by atoms with Crippen LogP contribution in [0.1, 0.15) is 72.6 Å². The van der Waals surface area contributed by atoms with Crippen LogP contribution in [-0.4, -0.2) is 34.6 Å². The van der Waals surface area contributed by atoms with Crippen molar-refractivity contribution in [2.75, 3.05) is 6.54 Å². The van der Waals surface area contributed by atoms with E-state index in [0.29, 0.717) is 17.9 Å². The molecule has 2 heterocycles. The van der Waals surface area contributed by atoms with Gasteiger partial charge in [-0.3, -0.25) is 4.90 Å². The van der Waals surface area contributed by atoms with E-state index in [4.69, 9.17) is 11.2 Å². The molecule has 0 bridgehead atoms. The molecule has 1 saturated heterocycles. The van der Waals surface area contributed by atoms with Gasteiger partial charge in [0.1, 0.15) is 5.60 Å². The summed E-state index contributed by atoms with van der Waals surface area (Å²) in [7, 11) is 0. The van der Waals surface area contributed by atoms with E-state index in [1.807, 2.05) is 20.8 Å². The Morgan fingerprint density at radius 1 is 1.36 bits per heavy atom. The number of hydrogen-bond donors (Lipinski definition) is 0. The van der Waals surface area contributed by atoms with Crippen molar-refractivity contribution in [3.05, 3.63) is 11.6 Å². The molecule has 0 radical (unpaired) electrons. The van der Waals surface area contributed by atoms with Crippen LogP contribution in [0.3, 0.4) is 0 Å². The van der Waals surface area contributed by atoms with Gasteiger partial charge in [-0.2, -0.15) is 0 Å². The summed E-state index contributed by atoms with van der Waals surface area (Å²) >= 11 is 0. The van der Waals surface area contributed by atoms with Gasteiger partial charge in [-0.1, -0.05) is 25.8 Å². The number of esters is 1. The van der Waals surface area contributed by atoms with Crippen molar-refractivity contribution in [3.63, 3.8) is 0 Å². The molecule has 0 aromatic rings. The standard InChI is InChI=1S/C22H33NO2/c1-6-16(2)19-10-8-14-22(19)13-7-9-18-12-11-17(15-23(18)22)20(24)25-21(3,4)5/h1,11,16,18-19H,7-10,12-15H2,2-5H3/t16-,18+,19+,22+/m0/s1. The van der Waals surface area contributed by atoms with E-state index in [2.05, 4.69) is 23.8 Å². The SMILES string of the molecule is C#C[C@H](C)[C@H]1CCC[C@]12CCC[C@@H]1CC=C(C(=O)OC(C)(C)C)CN12. The summed E-state index contributed by atoms with van der Waals surface area (Å²) in [4.78, 5) is 15.3. The molecule has 0 N–H and O–H groups in total. The third-order valence-electron chi connectivity index (χ3n) is 6.48. The van der Waals surface area contributed by atoms with Crippen LogP contribution in [0.5, 0.6) is 0 Å². The van der Waals surface area contributed by atoms with Crippen molar-refractivity contribution in [2.45, 2.75) is 89.8 Å². The Morgan fingerprint density at radius 2 is 2.04 bits per heavy atom. The summed E-state index contributed by atoms with van der Waals surface area (Å²) in [5.41, 5.74) is 0.588. The third kappa shape index (κ3) is 3.51. The highest BCUT2D eigenvalue weighted by Gasteiger charge is 2.53. The lowest BCUT2D eigenvalue weighted by atomic mass is 9.70. The number of fused-ring (bicyclic) bond motifs is 2. The Hall–Kier alpha value is -1.27. The van der Waals surface area contributed by atoms with Crippen LogP contribution < -0.4 is 0 Å². The lowest BCUT2D eigenvalue weighted by Gasteiger charge is -2.55. The monoisotopic (exact) mass is 343 g/mol. The predicted octanol–water partition coefficient (Wildman–Crippen LogP) is 4.32. The molecule has 1 aliphatic carbocycles. The van der Waals surface area contributed by atoms with Gasteiger partial charge in [0.15, 0.2) is 0 Å². The van der Waals surface area contributed by atoms with E-state index in [1.165, 1.54) is 38.5 Å². The molecule has 2 aliphatic heterocycles. The van der Waals surface area contributed by atoms with Crippen LogP contribution in [0.2, 0.25) is 0 Å². The summed E-state index contributed by atoms with van der Waals surface area (Å²) in [6.07, 6.45) is 16.3. The molecule has 0 unspecified atom stereocenters. The second-order valence-corrected chi connectivity index (χ2v) is 9.20. The average Bonchev–Trinajstić information content (AvgIpc) is 2.97. The van der Waals surface area contributed by atoms with Crippen LogP contribution in [0.15, 0.2) is 11.6 Å². The van der Waals surface area contributed by atoms with Gasteiger partial charge < -0.3 is 4.74 Å². The van der Waals surface area contributed by atoms with Gasteiger partial charge >= 0.3 is 5.97 Å². The second-order valence-electron chi connectivity index (χ2n) is 9.20. The molecule has 1 saturated carbocycles. The summed E-state index contributed by atoms with van der Waals surface area (Å²) in [5, 5.41) is 0. The number of ether oxygens (including phenoxy) is 1. The van der Waals surface area contributed by atoms with Gasteiger partial charge in [0.25, 0.3) is 0 Å². The first kappa shape index (κ1) is 18.5. The highest BCUT2D eigenvalue weighted by molar-refractivity contribution is 5.89. The van der Waals surface area contributed by atoms with Crippen molar-refractivity contribution in [1.82, 2.24) is 4.90 Å². The Labute approximate surface area is 153 Å². The van der Waals surface area contributed by atoms with E-state index in [-0.39, 0.29) is 11.5 Å². The molecule has 138 valence electrons. The number of nitrogens with zero attached hydrogens (tertiary/aromatic N) is 1. The van der Waals surface area contributed by atoms with Crippen LogP contribution in [0.4, 0.5) is 0 Å². The maximum absolute atomic E-state index is 12.6. The minimum Gasteiger partial charge on any atom is -0.457 e. The number of terminal acetylenes is 1. The fourth-order valence-corrected chi connectivity index (χ4v) is 5.44. The number of rotatable bonds is 2. The maximum atomic E-state index is 12.6. The molecule has 3 heteroatoms. The van der Waals surface area contributed by atoms with Gasteiger partial charge in [-0.15, -0.1) is 12.3 Å². The van der Waals surface area contributed by atoms with Crippen molar-refractivity contribution in [1.29, 1.82) is 0 Å². The van der Waals surface area contributed by atoms with Crippen molar-refractivity contribution in [3.8, 4) is 12.3 Å². The molecule has 2 fully saturated rings. The zero-order valence-electron chi connectivity index (χ0n) is 16.3. The zero-order valence-corrected chi connectivity index (χ0v) is 16.3. The molecule has 3 rings (SSSR count). The topological polar surface area (TPSA) is 29.5 Å². The largest absolute Gasteiger partial charge is 0.457 e. The van der Waals surface area contributed by atoms with E-state index >= 15 is 0 Å². The molecule has 3 nitrogen and oxygen atoms in total. The summed E-state index contributed by atoms with van der Waals surface area (Å²) in [6.45, 7) is 8.73. The Balaban J connectivity index is 1.84. The first-order valence-corrected chi connectivity index (χ1v) is 9.92. The van der Waals surface area contributed by atoms with Gasteiger partial charge in [-0.25, -0.2) is 4.79 Å². The normalized spacial score (nSPS) is 34.1. The fraction of sp³-hybridized carbons (Fsp3) is 0.773. The first-order chi connectivity index (χ1) is 11.8. The second kappa shape index (κ2) is 6.80. The highest BCUT2D eigenvalue weighted by atomic mass is 16.6. The molecule has 0 aromatic heterocycles. The fourth-order valence-electron chi connectivity index (χ4n) is 5.44. The van der Waals surface area contributed by atoms with Crippen LogP contribution >= 0.6 is 0 Å². The van der Waals surface area contributed by atoms with Crippen LogP contribution in [0.25, 0.3) is 0 Å². The van der Waals surface area contributed by atoms with Gasteiger partial charge in [0, 0.05) is 29.6 Å². The number of hydrogen-bond acceptors (Lipinski definition) is 3. The van der Waals surface area contributed by atoms with Crippen molar-refractivity contribution >= 4 is 5.97 Å². The maximum Gasteiger partial charge on any atom is 0.335 e. The molecule has 3 aliphatic rings. The summed E-state index contributed by atoms with van der Waals surface area (Å²) in [5.74, 6) is 3.72. The van der Waals surface area contributed by atoms with E-state index < -0.39 is 5.60 Å². The third-order valence-corrected chi connectivity index (χ3v) is 6.48. The molecular formula is C22H33NO2. The van der Waals surface area contributed by atoms with Crippen molar-refractivity contribution in [2.24, 2.45) is 11.8 Å².